The molecular weight excluding hydrogens is 448 g/mol. The minimum Gasteiger partial charge on any atom is -0.335 e. The van der Waals surface area contributed by atoms with Crippen molar-refractivity contribution in [3.05, 3.63) is 67.5 Å². The van der Waals surface area contributed by atoms with Gasteiger partial charge in [0.25, 0.3) is 5.91 Å². The van der Waals surface area contributed by atoms with E-state index in [9.17, 15) is 9.18 Å². The molecule has 2 nitrogen and oxygen atoms in total. The first-order chi connectivity index (χ1) is 9.90. The molecule has 0 saturated heterocycles. The van der Waals surface area contributed by atoms with Gasteiger partial charge in [-0.3, -0.25) is 4.79 Å². The van der Waals surface area contributed by atoms with E-state index in [0.29, 0.717) is 5.56 Å². The molecule has 0 aromatic heterocycles. The number of hydrogen-bond acceptors (Lipinski definition) is 1. The SMILES string of the molecule is CC(c1ccc(F)cc1)N(C)C(=O)c1cc(I)ccc1Br. The average Bonchev–Trinajstić information content (AvgIpc) is 2.48. The molecule has 0 N–H and O–H groups in total. The molecule has 0 spiro atoms. The van der Waals surface area contributed by atoms with Crippen LogP contribution in [0.1, 0.15) is 28.9 Å². The van der Waals surface area contributed by atoms with Gasteiger partial charge in [-0.2, -0.15) is 0 Å². The fraction of sp³-hybridized carbons (Fsp3) is 0.188. The predicted molar refractivity (Wildman–Crippen MR) is 93.8 cm³/mol. The lowest BCUT2D eigenvalue weighted by molar-refractivity contribution is 0.0741. The Morgan fingerprint density at radius 3 is 2.48 bits per heavy atom. The maximum Gasteiger partial charge on any atom is 0.255 e. The molecular formula is C16H14BrFINO. The van der Waals surface area contributed by atoms with Crippen LogP contribution in [0.5, 0.6) is 0 Å². The van der Waals surface area contributed by atoms with E-state index >= 15 is 0 Å². The van der Waals surface area contributed by atoms with Crippen molar-refractivity contribution >= 4 is 44.4 Å². The Labute approximate surface area is 145 Å². The van der Waals surface area contributed by atoms with E-state index in [2.05, 4.69) is 38.5 Å². The third kappa shape index (κ3) is 3.83. The van der Waals surface area contributed by atoms with Crippen molar-refractivity contribution in [3.8, 4) is 0 Å². The van der Waals surface area contributed by atoms with E-state index < -0.39 is 0 Å². The van der Waals surface area contributed by atoms with Crippen LogP contribution in [0.4, 0.5) is 4.39 Å². The Bertz CT molecular complexity index is 660. The summed E-state index contributed by atoms with van der Waals surface area (Å²) in [5, 5.41) is 0. The molecule has 21 heavy (non-hydrogen) atoms. The number of nitrogens with zero attached hydrogens (tertiary/aromatic N) is 1. The largest absolute Gasteiger partial charge is 0.335 e. The van der Waals surface area contributed by atoms with E-state index in [1.807, 2.05) is 25.1 Å². The van der Waals surface area contributed by atoms with Gasteiger partial charge in [0.1, 0.15) is 5.82 Å². The number of carbonyl (C=O) groups excluding carboxylic acids is 1. The number of hydrogen-bond donors (Lipinski definition) is 0. The molecule has 2 rings (SSSR count). The van der Waals surface area contributed by atoms with Gasteiger partial charge >= 0.3 is 0 Å². The molecule has 0 radical (unpaired) electrons. The molecule has 0 heterocycles. The summed E-state index contributed by atoms with van der Waals surface area (Å²) in [6, 6.07) is 11.7. The topological polar surface area (TPSA) is 20.3 Å². The summed E-state index contributed by atoms with van der Waals surface area (Å²) in [7, 11) is 1.75. The summed E-state index contributed by atoms with van der Waals surface area (Å²) in [5.41, 5.74) is 1.52. The lowest BCUT2D eigenvalue weighted by atomic mass is 10.1. The second-order valence-corrected chi connectivity index (χ2v) is 6.87. The third-order valence-corrected chi connectivity index (χ3v) is 4.78. The lowest BCUT2D eigenvalue weighted by Crippen LogP contribution is -2.30. The molecule has 110 valence electrons. The predicted octanol–water partition coefficient (Wildman–Crippen LogP) is 5.03. The van der Waals surface area contributed by atoms with Gasteiger partial charge < -0.3 is 4.90 Å². The molecule has 0 aliphatic rings. The lowest BCUT2D eigenvalue weighted by Gasteiger charge is -2.26. The number of rotatable bonds is 3. The Morgan fingerprint density at radius 1 is 1.24 bits per heavy atom. The smallest absolute Gasteiger partial charge is 0.255 e. The zero-order valence-corrected chi connectivity index (χ0v) is 15.4. The number of benzene rings is 2. The molecule has 5 heteroatoms. The first-order valence-electron chi connectivity index (χ1n) is 6.38. The van der Waals surface area contributed by atoms with Gasteiger partial charge in [-0.15, -0.1) is 0 Å². The Kier molecular flexibility index (Phi) is 5.37. The number of halogens is 3. The van der Waals surface area contributed by atoms with E-state index in [1.165, 1.54) is 12.1 Å². The van der Waals surface area contributed by atoms with Crippen molar-refractivity contribution in [1.82, 2.24) is 4.90 Å². The van der Waals surface area contributed by atoms with Gasteiger partial charge in [-0.05, 0) is 81.3 Å². The van der Waals surface area contributed by atoms with Crippen LogP contribution in [0.3, 0.4) is 0 Å². The Balaban J connectivity index is 2.26. The summed E-state index contributed by atoms with van der Waals surface area (Å²) in [6.45, 7) is 1.92. The van der Waals surface area contributed by atoms with Crippen LogP contribution in [0.15, 0.2) is 46.9 Å². The maximum absolute atomic E-state index is 13.0. The fourth-order valence-corrected chi connectivity index (χ4v) is 2.90. The zero-order valence-electron chi connectivity index (χ0n) is 11.6. The summed E-state index contributed by atoms with van der Waals surface area (Å²) < 4.78 is 14.8. The van der Waals surface area contributed by atoms with Gasteiger partial charge in [0, 0.05) is 15.1 Å². The molecule has 0 aliphatic heterocycles. The van der Waals surface area contributed by atoms with Crippen molar-refractivity contribution in [2.24, 2.45) is 0 Å². The minimum atomic E-state index is -0.278. The molecule has 1 unspecified atom stereocenters. The van der Waals surface area contributed by atoms with Gasteiger partial charge in [0.2, 0.25) is 0 Å². The standard InChI is InChI=1S/C16H14BrFINO/c1-10(11-3-5-12(18)6-4-11)20(2)16(21)14-9-13(19)7-8-15(14)17/h3-10H,1-2H3. The second-order valence-electron chi connectivity index (χ2n) is 4.77. The maximum atomic E-state index is 13.0. The average molecular weight is 462 g/mol. The zero-order chi connectivity index (χ0) is 15.6. The van der Waals surface area contributed by atoms with Crippen molar-refractivity contribution < 1.29 is 9.18 Å². The van der Waals surface area contributed by atoms with Crippen LogP contribution in [0.25, 0.3) is 0 Å². The first kappa shape index (κ1) is 16.4. The van der Waals surface area contributed by atoms with Gasteiger partial charge in [0.15, 0.2) is 0 Å². The molecule has 0 fully saturated rings. The summed E-state index contributed by atoms with van der Waals surface area (Å²) in [4.78, 5) is 14.3. The molecule has 0 saturated carbocycles. The Morgan fingerprint density at radius 2 is 1.86 bits per heavy atom. The van der Waals surface area contributed by atoms with E-state index in [4.69, 9.17) is 0 Å². The van der Waals surface area contributed by atoms with E-state index in [1.54, 1.807) is 24.1 Å². The number of carbonyl (C=O) groups is 1. The summed E-state index contributed by atoms with van der Waals surface area (Å²) >= 11 is 5.59. The molecule has 2 aromatic carbocycles. The second kappa shape index (κ2) is 6.87. The summed E-state index contributed by atoms with van der Waals surface area (Å²) in [5.74, 6) is -0.350. The van der Waals surface area contributed by atoms with Crippen molar-refractivity contribution in [2.45, 2.75) is 13.0 Å². The number of amides is 1. The van der Waals surface area contributed by atoms with Gasteiger partial charge in [-0.25, -0.2) is 4.39 Å². The quantitative estimate of drug-likeness (QED) is 0.587. The van der Waals surface area contributed by atoms with E-state index in [0.717, 1.165) is 13.6 Å². The normalized spacial score (nSPS) is 12.0. The third-order valence-electron chi connectivity index (χ3n) is 3.41. The van der Waals surface area contributed by atoms with Crippen molar-refractivity contribution in [1.29, 1.82) is 0 Å². The summed E-state index contributed by atoms with van der Waals surface area (Å²) in [6.07, 6.45) is 0. The van der Waals surface area contributed by atoms with Crippen LogP contribution in [0.2, 0.25) is 0 Å². The van der Waals surface area contributed by atoms with Crippen LogP contribution in [-0.2, 0) is 0 Å². The van der Waals surface area contributed by atoms with Crippen LogP contribution in [0, 0.1) is 9.39 Å². The van der Waals surface area contributed by atoms with Crippen LogP contribution >= 0.6 is 38.5 Å². The highest BCUT2D eigenvalue weighted by atomic mass is 127. The van der Waals surface area contributed by atoms with Crippen molar-refractivity contribution in [2.75, 3.05) is 7.05 Å². The van der Waals surface area contributed by atoms with Crippen LogP contribution in [-0.4, -0.2) is 17.9 Å². The van der Waals surface area contributed by atoms with Crippen LogP contribution < -0.4 is 0 Å². The molecule has 1 amide bonds. The fourth-order valence-electron chi connectivity index (χ4n) is 1.99. The first-order valence-corrected chi connectivity index (χ1v) is 8.25. The molecule has 2 aromatic rings. The minimum absolute atomic E-state index is 0.0720. The molecule has 0 bridgehead atoms. The van der Waals surface area contributed by atoms with Crippen molar-refractivity contribution in [3.63, 3.8) is 0 Å². The molecule has 1 atom stereocenters. The highest BCUT2D eigenvalue weighted by Gasteiger charge is 2.21. The monoisotopic (exact) mass is 461 g/mol. The highest BCUT2D eigenvalue weighted by Crippen LogP contribution is 2.25. The molecule has 0 aliphatic carbocycles. The van der Waals surface area contributed by atoms with Gasteiger partial charge in [-0.1, -0.05) is 12.1 Å². The highest BCUT2D eigenvalue weighted by molar-refractivity contribution is 14.1. The Hall–Kier alpha value is -0.950. The van der Waals surface area contributed by atoms with Gasteiger partial charge in [0.05, 0.1) is 11.6 Å². The van der Waals surface area contributed by atoms with E-state index in [-0.39, 0.29) is 17.8 Å².